The molecule has 0 radical (unpaired) electrons. The van der Waals surface area contributed by atoms with E-state index < -0.39 is 0 Å². The first kappa shape index (κ1) is 16.8. The summed E-state index contributed by atoms with van der Waals surface area (Å²) in [6.07, 6.45) is 7.97. The number of carbonyl (C=O) groups excluding carboxylic acids is 1. The summed E-state index contributed by atoms with van der Waals surface area (Å²) in [5, 5.41) is 0. The number of amides is 1. The van der Waals surface area contributed by atoms with E-state index in [1.54, 1.807) is 0 Å². The van der Waals surface area contributed by atoms with Crippen LogP contribution in [0.1, 0.15) is 65.7 Å². The largest absolute Gasteiger partial charge is 0.343 e. The van der Waals surface area contributed by atoms with Gasteiger partial charge in [-0.2, -0.15) is 0 Å². The Labute approximate surface area is 130 Å². The van der Waals surface area contributed by atoms with Crippen LogP contribution in [0.25, 0.3) is 0 Å². The van der Waals surface area contributed by atoms with Crippen molar-refractivity contribution < 1.29 is 4.79 Å². The maximum Gasteiger partial charge on any atom is 0.222 e. The molecule has 2 N–H and O–H groups in total. The van der Waals surface area contributed by atoms with Crippen LogP contribution in [-0.2, 0) is 4.79 Å². The molecule has 0 aromatic carbocycles. The average Bonchev–Trinajstić information content (AvgIpc) is 2.47. The first-order valence-electron chi connectivity index (χ1n) is 8.88. The lowest BCUT2D eigenvalue weighted by Gasteiger charge is -2.39. The zero-order chi connectivity index (χ0) is 15.5. The van der Waals surface area contributed by atoms with E-state index in [0.717, 1.165) is 32.0 Å². The summed E-state index contributed by atoms with van der Waals surface area (Å²) in [6, 6.07) is 0. The second-order valence-corrected chi connectivity index (χ2v) is 8.35. The number of carbonyl (C=O) groups is 1. The van der Waals surface area contributed by atoms with Crippen LogP contribution in [0.4, 0.5) is 0 Å². The van der Waals surface area contributed by atoms with Crippen molar-refractivity contribution in [1.82, 2.24) is 4.90 Å². The SMILES string of the molecule is CC(C)(C)C1CCN(C(=O)CC2CCC(CN)CC2)CC1. The molecule has 1 heterocycles. The van der Waals surface area contributed by atoms with Crippen molar-refractivity contribution >= 4 is 5.91 Å². The molecule has 1 aliphatic carbocycles. The quantitative estimate of drug-likeness (QED) is 0.867. The first-order valence-corrected chi connectivity index (χ1v) is 8.88. The van der Waals surface area contributed by atoms with Crippen LogP contribution in [-0.4, -0.2) is 30.4 Å². The lowest BCUT2D eigenvalue weighted by molar-refractivity contribution is -0.134. The third kappa shape index (κ3) is 4.70. The van der Waals surface area contributed by atoms with Gasteiger partial charge in [0.1, 0.15) is 0 Å². The summed E-state index contributed by atoms with van der Waals surface area (Å²) in [4.78, 5) is 14.6. The van der Waals surface area contributed by atoms with Crippen molar-refractivity contribution in [3.8, 4) is 0 Å². The third-order valence-electron chi connectivity index (χ3n) is 5.84. The fourth-order valence-electron chi connectivity index (χ4n) is 4.04. The van der Waals surface area contributed by atoms with Crippen LogP contribution < -0.4 is 5.73 Å². The van der Waals surface area contributed by atoms with Gasteiger partial charge in [0.05, 0.1) is 0 Å². The van der Waals surface area contributed by atoms with Crippen LogP contribution in [0.3, 0.4) is 0 Å². The van der Waals surface area contributed by atoms with Crippen LogP contribution in [0.2, 0.25) is 0 Å². The average molecular weight is 294 g/mol. The molecular formula is C18H34N2O. The molecule has 21 heavy (non-hydrogen) atoms. The summed E-state index contributed by atoms with van der Waals surface area (Å²) in [5.41, 5.74) is 6.12. The van der Waals surface area contributed by atoms with Gasteiger partial charge in [-0.15, -0.1) is 0 Å². The molecule has 0 unspecified atom stereocenters. The van der Waals surface area contributed by atoms with Crippen LogP contribution in [0, 0.1) is 23.2 Å². The van der Waals surface area contributed by atoms with Crippen LogP contribution >= 0.6 is 0 Å². The molecule has 0 aromatic rings. The second kappa shape index (κ2) is 7.13. The molecule has 1 saturated heterocycles. The summed E-state index contributed by atoms with van der Waals surface area (Å²) >= 11 is 0. The molecule has 1 amide bonds. The van der Waals surface area contributed by atoms with Gasteiger partial charge in [-0.3, -0.25) is 4.79 Å². The van der Waals surface area contributed by atoms with Gasteiger partial charge < -0.3 is 10.6 Å². The Morgan fingerprint density at radius 3 is 2.00 bits per heavy atom. The van der Waals surface area contributed by atoms with Gasteiger partial charge in [-0.1, -0.05) is 20.8 Å². The van der Waals surface area contributed by atoms with E-state index in [1.807, 2.05) is 0 Å². The predicted molar refractivity (Wildman–Crippen MR) is 87.9 cm³/mol. The highest BCUT2D eigenvalue weighted by atomic mass is 16.2. The normalized spacial score (nSPS) is 28.7. The van der Waals surface area contributed by atoms with Gasteiger partial charge in [0.2, 0.25) is 5.91 Å². The molecule has 3 heteroatoms. The molecule has 1 saturated carbocycles. The lowest BCUT2D eigenvalue weighted by atomic mass is 9.75. The minimum Gasteiger partial charge on any atom is -0.343 e. The molecule has 2 aliphatic rings. The zero-order valence-electron chi connectivity index (χ0n) is 14.2. The molecule has 0 atom stereocenters. The monoisotopic (exact) mass is 294 g/mol. The Morgan fingerprint density at radius 2 is 1.52 bits per heavy atom. The first-order chi connectivity index (χ1) is 9.90. The van der Waals surface area contributed by atoms with Crippen molar-refractivity contribution in [3.05, 3.63) is 0 Å². The van der Waals surface area contributed by atoms with E-state index in [1.165, 1.54) is 38.5 Å². The number of nitrogens with zero attached hydrogens (tertiary/aromatic N) is 1. The molecule has 122 valence electrons. The number of rotatable bonds is 3. The summed E-state index contributed by atoms with van der Waals surface area (Å²) in [5.74, 6) is 2.49. The summed E-state index contributed by atoms with van der Waals surface area (Å²) in [7, 11) is 0. The minimum atomic E-state index is 0.385. The highest BCUT2D eigenvalue weighted by Gasteiger charge is 2.31. The molecule has 0 spiro atoms. The predicted octanol–water partition coefficient (Wildman–Crippen LogP) is 3.43. The molecule has 2 rings (SSSR count). The maximum atomic E-state index is 12.5. The smallest absolute Gasteiger partial charge is 0.222 e. The van der Waals surface area contributed by atoms with Gasteiger partial charge >= 0.3 is 0 Å². The van der Waals surface area contributed by atoms with Crippen molar-refractivity contribution in [1.29, 1.82) is 0 Å². The molecule has 1 aliphatic heterocycles. The Hall–Kier alpha value is -0.570. The Morgan fingerprint density at radius 1 is 1.00 bits per heavy atom. The molecular weight excluding hydrogens is 260 g/mol. The van der Waals surface area contributed by atoms with E-state index in [0.29, 0.717) is 23.2 Å². The van der Waals surface area contributed by atoms with E-state index in [-0.39, 0.29) is 0 Å². The molecule has 0 bridgehead atoms. The van der Waals surface area contributed by atoms with Gasteiger partial charge in [0.15, 0.2) is 0 Å². The maximum absolute atomic E-state index is 12.5. The topological polar surface area (TPSA) is 46.3 Å². The van der Waals surface area contributed by atoms with E-state index in [4.69, 9.17) is 5.73 Å². The fraction of sp³-hybridized carbons (Fsp3) is 0.944. The zero-order valence-corrected chi connectivity index (χ0v) is 14.2. The van der Waals surface area contributed by atoms with E-state index >= 15 is 0 Å². The van der Waals surface area contributed by atoms with E-state index in [9.17, 15) is 4.79 Å². The van der Waals surface area contributed by atoms with Crippen molar-refractivity contribution in [2.24, 2.45) is 28.9 Å². The number of piperidine rings is 1. The van der Waals surface area contributed by atoms with E-state index in [2.05, 4.69) is 25.7 Å². The highest BCUT2D eigenvalue weighted by Crippen LogP contribution is 2.35. The molecule has 2 fully saturated rings. The summed E-state index contributed by atoms with van der Waals surface area (Å²) < 4.78 is 0. The van der Waals surface area contributed by atoms with Gasteiger partial charge in [0.25, 0.3) is 0 Å². The highest BCUT2D eigenvalue weighted by molar-refractivity contribution is 5.76. The van der Waals surface area contributed by atoms with Crippen molar-refractivity contribution in [2.45, 2.75) is 65.7 Å². The Bertz CT molecular complexity index is 332. The number of hydrogen-bond donors (Lipinski definition) is 1. The molecule has 3 nitrogen and oxygen atoms in total. The number of likely N-dealkylation sites (tertiary alicyclic amines) is 1. The van der Waals surface area contributed by atoms with Crippen LogP contribution in [0.5, 0.6) is 0 Å². The Balaban J connectivity index is 1.73. The van der Waals surface area contributed by atoms with Crippen molar-refractivity contribution in [3.63, 3.8) is 0 Å². The fourth-order valence-corrected chi connectivity index (χ4v) is 4.04. The second-order valence-electron chi connectivity index (χ2n) is 8.35. The third-order valence-corrected chi connectivity index (χ3v) is 5.84. The van der Waals surface area contributed by atoms with Gasteiger partial charge in [0, 0.05) is 19.5 Å². The number of hydrogen-bond acceptors (Lipinski definition) is 2. The number of nitrogens with two attached hydrogens (primary N) is 1. The van der Waals surface area contributed by atoms with Gasteiger partial charge in [-0.05, 0) is 68.2 Å². The minimum absolute atomic E-state index is 0.385. The van der Waals surface area contributed by atoms with Crippen LogP contribution in [0.15, 0.2) is 0 Å². The van der Waals surface area contributed by atoms with Gasteiger partial charge in [-0.25, -0.2) is 0 Å². The van der Waals surface area contributed by atoms with Crippen molar-refractivity contribution in [2.75, 3.05) is 19.6 Å². The molecule has 0 aromatic heterocycles. The summed E-state index contributed by atoms with van der Waals surface area (Å²) in [6.45, 7) is 9.74. The standard InChI is InChI=1S/C18H34N2O/c1-18(2,3)16-8-10-20(11-9-16)17(21)12-14-4-6-15(13-19)7-5-14/h14-16H,4-13,19H2,1-3H3. The lowest BCUT2D eigenvalue weighted by Crippen LogP contribution is -2.42. The Kier molecular flexibility index (Phi) is 5.70.